The van der Waals surface area contributed by atoms with Crippen molar-refractivity contribution in [3.8, 4) is 0 Å². The van der Waals surface area contributed by atoms with Crippen LogP contribution in [0.2, 0.25) is 0 Å². The molecule has 2 aromatic carbocycles. The molecule has 0 aliphatic carbocycles. The van der Waals surface area contributed by atoms with Gasteiger partial charge in [-0.25, -0.2) is 0 Å². The van der Waals surface area contributed by atoms with E-state index >= 15 is 0 Å². The number of hydrogen-bond acceptors (Lipinski definition) is 4. The summed E-state index contributed by atoms with van der Waals surface area (Å²) in [6.45, 7) is 12.4. The SMILES string of the molecule is CC(C)N(CCCN1CCC(O)(c2ccccc2)C(C(=O)c2ccccc2)C1)C(C)C. The van der Waals surface area contributed by atoms with Gasteiger partial charge in [-0.15, -0.1) is 0 Å². The fourth-order valence-corrected chi connectivity index (χ4v) is 4.97. The molecule has 2 aromatic rings. The molecule has 4 heteroatoms. The van der Waals surface area contributed by atoms with E-state index in [0.29, 0.717) is 30.6 Å². The first-order chi connectivity index (χ1) is 14.8. The molecule has 1 N–H and O–H groups in total. The molecule has 4 nitrogen and oxygen atoms in total. The summed E-state index contributed by atoms with van der Waals surface area (Å²) in [7, 11) is 0. The zero-order valence-corrected chi connectivity index (χ0v) is 19.5. The van der Waals surface area contributed by atoms with Gasteiger partial charge in [0, 0.05) is 30.7 Å². The molecule has 0 radical (unpaired) electrons. The van der Waals surface area contributed by atoms with Crippen molar-refractivity contribution in [1.82, 2.24) is 9.80 Å². The third kappa shape index (κ3) is 5.62. The smallest absolute Gasteiger partial charge is 0.170 e. The predicted molar refractivity (Wildman–Crippen MR) is 127 cm³/mol. The lowest BCUT2D eigenvalue weighted by atomic mass is 9.72. The topological polar surface area (TPSA) is 43.8 Å². The van der Waals surface area contributed by atoms with Crippen molar-refractivity contribution in [2.75, 3.05) is 26.2 Å². The van der Waals surface area contributed by atoms with E-state index < -0.39 is 11.5 Å². The second-order valence-electron chi connectivity index (χ2n) is 9.40. The molecule has 1 fully saturated rings. The molecular weight excluding hydrogens is 384 g/mol. The van der Waals surface area contributed by atoms with Crippen molar-refractivity contribution in [2.45, 2.75) is 58.2 Å². The van der Waals surface area contributed by atoms with Gasteiger partial charge in [0.15, 0.2) is 5.78 Å². The number of hydrogen-bond donors (Lipinski definition) is 1. The highest BCUT2D eigenvalue weighted by atomic mass is 16.3. The number of carbonyl (C=O) groups excluding carboxylic acids is 1. The van der Waals surface area contributed by atoms with Gasteiger partial charge in [0.05, 0.1) is 5.92 Å². The van der Waals surface area contributed by atoms with Gasteiger partial charge in [-0.2, -0.15) is 0 Å². The second-order valence-corrected chi connectivity index (χ2v) is 9.40. The van der Waals surface area contributed by atoms with Crippen LogP contribution in [-0.2, 0) is 5.60 Å². The number of ketones is 1. The summed E-state index contributed by atoms with van der Waals surface area (Å²) in [5.41, 5.74) is 0.385. The highest BCUT2D eigenvalue weighted by Crippen LogP contribution is 2.39. The number of nitrogens with zero attached hydrogens (tertiary/aromatic N) is 2. The minimum Gasteiger partial charge on any atom is -0.384 e. The lowest BCUT2D eigenvalue weighted by molar-refractivity contribution is -0.0646. The molecule has 0 spiro atoms. The molecule has 2 atom stereocenters. The van der Waals surface area contributed by atoms with Gasteiger partial charge < -0.3 is 10.0 Å². The molecule has 2 unspecified atom stereocenters. The van der Waals surface area contributed by atoms with Crippen molar-refractivity contribution < 1.29 is 9.90 Å². The number of aliphatic hydroxyl groups is 1. The minimum atomic E-state index is -1.13. The maximum atomic E-state index is 13.5. The zero-order valence-electron chi connectivity index (χ0n) is 19.5. The van der Waals surface area contributed by atoms with E-state index in [2.05, 4.69) is 37.5 Å². The van der Waals surface area contributed by atoms with Crippen molar-refractivity contribution in [2.24, 2.45) is 5.92 Å². The Morgan fingerprint density at radius 3 is 2.19 bits per heavy atom. The van der Waals surface area contributed by atoms with Crippen LogP contribution in [0.4, 0.5) is 0 Å². The van der Waals surface area contributed by atoms with Gasteiger partial charge in [-0.3, -0.25) is 9.69 Å². The quantitative estimate of drug-likeness (QED) is 0.601. The van der Waals surface area contributed by atoms with Gasteiger partial charge in [-0.1, -0.05) is 60.7 Å². The summed E-state index contributed by atoms with van der Waals surface area (Å²) in [5, 5.41) is 11.8. The second kappa shape index (κ2) is 10.5. The van der Waals surface area contributed by atoms with Gasteiger partial charge >= 0.3 is 0 Å². The highest BCUT2D eigenvalue weighted by Gasteiger charge is 2.46. The van der Waals surface area contributed by atoms with Crippen molar-refractivity contribution >= 4 is 5.78 Å². The van der Waals surface area contributed by atoms with Crippen LogP contribution < -0.4 is 0 Å². The molecule has 0 saturated carbocycles. The predicted octanol–water partition coefficient (Wildman–Crippen LogP) is 4.59. The first kappa shape index (κ1) is 23.6. The van der Waals surface area contributed by atoms with Crippen molar-refractivity contribution in [3.05, 3.63) is 71.8 Å². The number of rotatable bonds is 9. The van der Waals surface area contributed by atoms with Gasteiger partial charge in [-0.05, 0) is 59.2 Å². The van der Waals surface area contributed by atoms with E-state index in [4.69, 9.17) is 0 Å². The molecule has 168 valence electrons. The fraction of sp³-hybridized carbons (Fsp3) is 0.519. The zero-order chi connectivity index (χ0) is 22.4. The van der Waals surface area contributed by atoms with Gasteiger partial charge in [0.2, 0.25) is 0 Å². The fourth-order valence-electron chi connectivity index (χ4n) is 4.97. The van der Waals surface area contributed by atoms with E-state index in [1.807, 2.05) is 60.7 Å². The third-order valence-electron chi connectivity index (χ3n) is 6.69. The molecule has 31 heavy (non-hydrogen) atoms. The Hall–Kier alpha value is -2.01. The van der Waals surface area contributed by atoms with Gasteiger partial charge in [0.1, 0.15) is 5.60 Å². The van der Waals surface area contributed by atoms with Crippen LogP contribution >= 0.6 is 0 Å². The van der Waals surface area contributed by atoms with Crippen molar-refractivity contribution in [1.29, 1.82) is 0 Å². The Morgan fingerprint density at radius 1 is 1.03 bits per heavy atom. The maximum Gasteiger partial charge on any atom is 0.170 e. The summed E-state index contributed by atoms with van der Waals surface area (Å²) in [4.78, 5) is 18.4. The van der Waals surface area contributed by atoms with Crippen LogP contribution in [0.15, 0.2) is 60.7 Å². The normalized spacial score (nSPS) is 22.4. The number of likely N-dealkylation sites (tertiary alicyclic amines) is 1. The molecule has 3 rings (SSSR count). The lowest BCUT2D eigenvalue weighted by Crippen LogP contribution is -2.53. The van der Waals surface area contributed by atoms with Crippen LogP contribution in [-0.4, -0.2) is 59.0 Å². The standard InChI is InChI=1S/C27H38N2O2/c1-21(2)29(22(3)4)18-11-17-28-19-16-27(31,24-14-9-6-10-15-24)25(20-28)26(30)23-12-7-5-8-13-23/h5-10,12-15,21-22,25,31H,11,16-20H2,1-4H3. The number of carbonyl (C=O) groups is 1. The first-order valence-corrected chi connectivity index (χ1v) is 11.7. The molecule has 1 saturated heterocycles. The number of benzene rings is 2. The first-order valence-electron chi connectivity index (χ1n) is 11.7. The third-order valence-corrected chi connectivity index (χ3v) is 6.69. The van der Waals surface area contributed by atoms with E-state index in [1.165, 1.54) is 0 Å². The number of Topliss-reactive ketones (excluding diaryl/α,β-unsaturated/α-hetero) is 1. The van der Waals surface area contributed by atoms with Crippen LogP contribution in [0.1, 0.15) is 56.5 Å². The summed E-state index contributed by atoms with van der Waals surface area (Å²) < 4.78 is 0. The average Bonchev–Trinajstić information content (AvgIpc) is 2.78. The Kier molecular flexibility index (Phi) is 8.04. The molecule has 1 aliphatic heterocycles. The molecule has 1 aliphatic rings. The Morgan fingerprint density at radius 2 is 1.61 bits per heavy atom. The Labute approximate surface area is 187 Å². The van der Waals surface area contributed by atoms with Crippen LogP contribution in [0, 0.1) is 5.92 Å². The number of piperidine rings is 1. The van der Waals surface area contributed by atoms with E-state index in [0.717, 1.165) is 31.6 Å². The summed E-state index contributed by atoms with van der Waals surface area (Å²) in [5.74, 6) is -0.444. The molecule has 0 amide bonds. The summed E-state index contributed by atoms with van der Waals surface area (Å²) >= 11 is 0. The van der Waals surface area contributed by atoms with Crippen LogP contribution in [0.25, 0.3) is 0 Å². The highest BCUT2D eigenvalue weighted by molar-refractivity contribution is 5.99. The van der Waals surface area contributed by atoms with E-state index in [9.17, 15) is 9.90 Å². The monoisotopic (exact) mass is 422 g/mol. The minimum absolute atomic E-state index is 0.0302. The molecule has 0 aromatic heterocycles. The summed E-state index contributed by atoms with van der Waals surface area (Å²) in [6, 6.07) is 20.2. The summed E-state index contributed by atoms with van der Waals surface area (Å²) in [6.07, 6.45) is 1.63. The van der Waals surface area contributed by atoms with E-state index in [1.54, 1.807) is 0 Å². The molecule has 1 heterocycles. The molecule has 0 bridgehead atoms. The van der Waals surface area contributed by atoms with Gasteiger partial charge in [0.25, 0.3) is 0 Å². The van der Waals surface area contributed by atoms with Crippen LogP contribution in [0.3, 0.4) is 0 Å². The largest absolute Gasteiger partial charge is 0.384 e. The Balaban J connectivity index is 1.76. The van der Waals surface area contributed by atoms with Crippen LogP contribution in [0.5, 0.6) is 0 Å². The van der Waals surface area contributed by atoms with E-state index in [-0.39, 0.29) is 5.78 Å². The van der Waals surface area contributed by atoms with Crippen molar-refractivity contribution in [3.63, 3.8) is 0 Å². The Bertz CT molecular complexity index is 814. The lowest BCUT2D eigenvalue weighted by Gasteiger charge is -2.44. The maximum absolute atomic E-state index is 13.5. The molecular formula is C27H38N2O2. The average molecular weight is 423 g/mol.